The first-order valence-corrected chi connectivity index (χ1v) is 11.9. The van der Waals surface area contributed by atoms with Crippen LogP contribution < -0.4 is 10.7 Å². The van der Waals surface area contributed by atoms with Crippen molar-refractivity contribution in [1.82, 2.24) is 9.97 Å². The van der Waals surface area contributed by atoms with Crippen molar-refractivity contribution in [3.05, 3.63) is 130 Å². The van der Waals surface area contributed by atoms with Crippen molar-refractivity contribution in [2.24, 2.45) is 0 Å². The normalized spacial score (nSPS) is 11.2. The fraction of sp³-hybridized carbons (Fsp3) is 0.0645. The van der Waals surface area contributed by atoms with Gasteiger partial charge in [0, 0.05) is 11.8 Å². The predicted molar refractivity (Wildman–Crippen MR) is 145 cm³/mol. The molecule has 5 nitrogen and oxygen atoms in total. The molecule has 0 aliphatic carbocycles. The third-order valence-corrected chi connectivity index (χ3v) is 6.42. The van der Waals surface area contributed by atoms with Crippen LogP contribution in [-0.4, -0.2) is 15.9 Å². The van der Waals surface area contributed by atoms with Crippen LogP contribution in [0, 0.1) is 0 Å². The number of fused-ring (bicyclic) bond motifs is 4. The molecule has 0 fully saturated rings. The SMILES string of the molecule is O=C(Cc1ccc2ccccc2c1)Nc1nc2ccc3cc(=O)ccc3c2[nH]c1Cc1ccccc1. The van der Waals surface area contributed by atoms with E-state index in [1.807, 2.05) is 72.8 Å². The number of aromatic amines is 1. The molecule has 5 aromatic carbocycles. The summed E-state index contributed by atoms with van der Waals surface area (Å²) in [7, 11) is 0. The standard InChI is InChI=1S/C31H23N3O2/c35-25-13-14-26-24(19-25)12-15-27-30(26)32-28(17-20-6-2-1-3-7-20)31(33-27)34-29(36)18-21-10-11-22-8-4-5-9-23(22)16-21/h1-16,19,32H,17-18H2,(H,34,36). The van der Waals surface area contributed by atoms with Crippen LogP contribution in [0.5, 0.6) is 0 Å². The second-order valence-corrected chi connectivity index (χ2v) is 8.98. The minimum Gasteiger partial charge on any atom is -0.353 e. The van der Waals surface area contributed by atoms with Gasteiger partial charge in [-0.2, -0.15) is 0 Å². The van der Waals surface area contributed by atoms with Gasteiger partial charge >= 0.3 is 0 Å². The minimum atomic E-state index is -0.128. The number of nitrogens with one attached hydrogen (secondary N) is 2. The molecule has 0 aliphatic rings. The number of benzene rings is 5. The number of amides is 1. The van der Waals surface area contributed by atoms with Gasteiger partial charge in [0.1, 0.15) is 0 Å². The molecule has 0 saturated heterocycles. The van der Waals surface area contributed by atoms with Crippen molar-refractivity contribution in [1.29, 1.82) is 0 Å². The number of nitrogens with zero attached hydrogens (tertiary/aromatic N) is 1. The summed E-state index contributed by atoms with van der Waals surface area (Å²) in [6.45, 7) is 0. The molecule has 1 amide bonds. The van der Waals surface area contributed by atoms with Crippen molar-refractivity contribution in [3.8, 4) is 0 Å². The fourth-order valence-corrected chi connectivity index (χ4v) is 4.66. The second-order valence-electron chi connectivity index (χ2n) is 8.98. The fourth-order valence-electron chi connectivity index (χ4n) is 4.66. The van der Waals surface area contributed by atoms with Gasteiger partial charge < -0.3 is 10.3 Å². The van der Waals surface area contributed by atoms with Gasteiger partial charge in [-0.15, -0.1) is 0 Å². The Labute approximate surface area is 207 Å². The van der Waals surface area contributed by atoms with Crippen molar-refractivity contribution < 1.29 is 4.79 Å². The quantitative estimate of drug-likeness (QED) is 0.304. The zero-order valence-corrected chi connectivity index (χ0v) is 19.5. The highest BCUT2D eigenvalue weighted by Crippen LogP contribution is 2.26. The van der Waals surface area contributed by atoms with Crippen LogP contribution in [0.3, 0.4) is 0 Å². The lowest BCUT2D eigenvalue weighted by Crippen LogP contribution is -2.17. The van der Waals surface area contributed by atoms with E-state index in [1.54, 1.807) is 12.1 Å². The summed E-state index contributed by atoms with van der Waals surface area (Å²) in [6, 6.07) is 33.0. The molecule has 0 atom stereocenters. The highest BCUT2D eigenvalue weighted by atomic mass is 16.1. The maximum Gasteiger partial charge on any atom is 0.229 e. The maximum atomic E-state index is 13.1. The number of rotatable bonds is 5. The molecule has 36 heavy (non-hydrogen) atoms. The van der Waals surface area contributed by atoms with Crippen LogP contribution in [0.25, 0.3) is 32.6 Å². The van der Waals surface area contributed by atoms with Gasteiger partial charge in [-0.05, 0) is 51.6 Å². The van der Waals surface area contributed by atoms with Crippen LogP contribution in [0.2, 0.25) is 0 Å². The predicted octanol–water partition coefficient (Wildman–Crippen LogP) is 6.00. The average Bonchev–Trinajstić information content (AvgIpc) is 2.89. The number of hydrogen-bond donors (Lipinski definition) is 2. The highest BCUT2D eigenvalue weighted by Gasteiger charge is 2.14. The monoisotopic (exact) mass is 469 g/mol. The molecule has 0 bridgehead atoms. The van der Waals surface area contributed by atoms with Crippen LogP contribution >= 0.6 is 0 Å². The molecule has 1 heterocycles. The zero-order chi connectivity index (χ0) is 24.5. The molecule has 5 heteroatoms. The first-order chi connectivity index (χ1) is 17.6. The molecular weight excluding hydrogens is 446 g/mol. The summed E-state index contributed by atoms with van der Waals surface area (Å²) in [4.78, 5) is 33.3. The Kier molecular flexibility index (Phi) is 5.51. The molecule has 0 saturated carbocycles. The van der Waals surface area contributed by atoms with E-state index < -0.39 is 0 Å². The Hall–Kier alpha value is -4.77. The molecule has 6 rings (SSSR count). The zero-order valence-electron chi connectivity index (χ0n) is 19.5. The van der Waals surface area contributed by atoms with E-state index in [-0.39, 0.29) is 17.8 Å². The van der Waals surface area contributed by atoms with E-state index in [0.29, 0.717) is 12.2 Å². The third-order valence-electron chi connectivity index (χ3n) is 6.42. The number of hydrogen-bond acceptors (Lipinski definition) is 3. The Bertz CT molecular complexity index is 1810. The molecular formula is C31H23N3O2. The van der Waals surface area contributed by atoms with E-state index in [4.69, 9.17) is 4.98 Å². The number of anilines is 1. The lowest BCUT2D eigenvalue weighted by Gasteiger charge is -2.14. The summed E-state index contributed by atoms with van der Waals surface area (Å²) in [5, 5.41) is 7.07. The summed E-state index contributed by atoms with van der Waals surface area (Å²) < 4.78 is 0. The van der Waals surface area contributed by atoms with E-state index in [9.17, 15) is 9.59 Å². The minimum absolute atomic E-state index is 0.0307. The largest absolute Gasteiger partial charge is 0.353 e. The van der Waals surface area contributed by atoms with Crippen molar-refractivity contribution in [2.75, 3.05) is 5.32 Å². The van der Waals surface area contributed by atoms with Gasteiger partial charge in [0.25, 0.3) is 0 Å². The summed E-state index contributed by atoms with van der Waals surface area (Å²) in [5.41, 5.74) is 4.38. The van der Waals surface area contributed by atoms with Crippen molar-refractivity contribution in [2.45, 2.75) is 12.8 Å². The molecule has 0 radical (unpaired) electrons. The van der Waals surface area contributed by atoms with Gasteiger partial charge in [-0.3, -0.25) is 9.59 Å². The molecule has 0 spiro atoms. The molecule has 0 aliphatic heterocycles. The first-order valence-electron chi connectivity index (χ1n) is 11.9. The van der Waals surface area contributed by atoms with Crippen LogP contribution in [0.4, 0.5) is 5.82 Å². The Morgan fingerprint density at radius 3 is 2.39 bits per heavy atom. The van der Waals surface area contributed by atoms with Crippen LogP contribution in [0.1, 0.15) is 16.8 Å². The Morgan fingerprint density at radius 2 is 1.53 bits per heavy atom. The van der Waals surface area contributed by atoms with Gasteiger partial charge in [-0.25, -0.2) is 4.98 Å². The third kappa shape index (κ3) is 4.34. The summed E-state index contributed by atoms with van der Waals surface area (Å²) >= 11 is 0. The molecule has 174 valence electrons. The lowest BCUT2D eigenvalue weighted by atomic mass is 10.0. The second kappa shape index (κ2) is 9.12. The van der Waals surface area contributed by atoms with Gasteiger partial charge in [0.15, 0.2) is 11.2 Å². The topological polar surface area (TPSA) is 74.8 Å². The highest BCUT2D eigenvalue weighted by molar-refractivity contribution is 6.04. The summed E-state index contributed by atoms with van der Waals surface area (Å²) in [6.07, 6.45) is 0.824. The first kappa shape index (κ1) is 21.7. The molecule has 0 unspecified atom stereocenters. The van der Waals surface area contributed by atoms with E-state index in [2.05, 4.69) is 28.5 Å². The van der Waals surface area contributed by atoms with E-state index in [1.165, 1.54) is 0 Å². The van der Waals surface area contributed by atoms with Crippen LogP contribution in [0.15, 0.2) is 108 Å². The number of carbonyl (C=O) groups is 1. The molecule has 6 aromatic rings. The number of aromatic nitrogens is 2. The van der Waals surface area contributed by atoms with E-state index in [0.717, 1.165) is 49.4 Å². The maximum absolute atomic E-state index is 13.1. The Balaban J connectivity index is 1.38. The van der Waals surface area contributed by atoms with Crippen molar-refractivity contribution in [3.63, 3.8) is 0 Å². The van der Waals surface area contributed by atoms with Gasteiger partial charge in [0.05, 0.1) is 23.1 Å². The average molecular weight is 470 g/mol. The van der Waals surface area contributed by atoms with Gasteiger partial charge in [0.2, 0.25) is 5.91 Å². The lowest BCUT2D eigenvalue weighted by molar-refractivity contribution is -0.115. The Morgan fingerprint density at radius 1 is 0.750 bits per heavy atom. The number of H-pyrrole nitrogens is 1. The number of carbonyl (C=O) groups excluding carboxylic acids is 1. The molecule has 1 aromatic heterocycles. The van der Waals surface area contributed by atoms with Gasteiger partial charge in [-0.1, -0.05) is 78.9 Å². The molecule has 2 N–H and O–H groups in total. The van der Waals surface area contributed by atoms with Crippen LogP contribution in [-0.2, 0) is 17.6 Å². The smallest absolute Gasteiger partial charge is 0.229 e. The van der Waals surface area contributed by atoms with Crippen molar-refractivity contribution >= 4 is 44.3 Å². The summed E-state index contributed by atoms with van der Waals surface area (Å²) in [5.74, 6) is 0.383. The van der Waals surface area contributed by atoms with E-state index >= 15 is 0 Å².